The molecular formula is C17H23NO4. The molecule has 0 bridgehead atoms. The summed E-state index contributed by atoms with van der Waals surface area (Å²) in [5, 5.41) is 0. The Kier molecular flexibility index (Phi) is 7.16. The molecule has 1 rings (SSSR count). The van der Waals surface area contributed by atoms with Crippen LogP contribution >= 0.6 is 0 Å². The smallest absolute Gasteiger partial charge is 0.310 e. The van der Waals surface area contributed by atoms with E-state index in [4.69, 9.17) is 4.74 Å². The largest absolute Gasteiger partial charge is 0.497 e. The lowest BCUT2D eigenvalue weighted by Crippen LogP contribution is -2.36. The van der Waals surface area contributed by atoms with Gasteiger partial charge in [-0.1, -0.05) is 19.1 Å². The Labute approximate surface area is 131 Å². The molecule has 5 nitrogen and oxygen atoms in total. The normalized spacial score (nSPS) is 12.0. The summed E-state index contributed by atoms with van der Waals surface area (Å²) in [6.07, 6.45) is 3.23. The van der Waals surface area contributed by atoms with Crippen molar-refractivity contribution in [3.63, 3.8) is 0 Å². The summed E-state index contributed by atoms with van der Waals surface area (Å²) in [4.78, 5) is 25.3. The number of hydrogen-bond acceptors (Lipinski definition) is 4. The Morgan fingerprint density at radius 1 is 1.32 bits per heavy atom. The van der Waals surface area contributed by atoms with Crippen molar-refractivity contribution in [2.75, 3.05) is 27.3 Å². The molecule has 5 heteroatoms. The Bertz CT molecular complexity index is 539. The maximum atomic E-state index is 12.2. The summed E-state index contributed by atoms with van der Waals surface area (Å²) in [6.45, 7) is 4.49. The Morgan fingerprint density at radius 3 is 2.64 bits per heavy atom. The van der Waals surface area contributed by atoms with Crippen LogP contribution in [0.5, 0.6) is 5.75 Å². The van der Waals surface area contributed by atoms with E-state index in [0.29, 0.717) is 13.1 Å². The van der Waals surface area contributed by atoms with Crippen molar-refractivity contribution in [1.82, 2.24) is 4.90 Å². The monoisotopic (exact) mass is 305 g/mol. The van der Waals surface area contributed by atoms with E-state index in [2.05, 4.69) is 4.74 Å². The van der Waals surface area contributed by atoms with Crippen molar-refractivity contribution in [2.45, 2.75) is 13.8 Å². The van der Waals surface area contributed by atoms with Crippen LogP contribution < -0.4 is 4.74 Å². The number of benzene rings is 1. The minimum absolute atomic E-state index is 0.138. The Balaban J connectivity index is 2.71. The molecule has 120 valence electrons. The molecule has 0 aliphatic heterocycles. The number of carbonyl (C=O) groups is 2. The van der Waals surface area contributed by atoms with Gasteiger partial charge in [-0.25, -0.2) is 0 Å². The fraction of sp³-hybridized carbons (Fsp3) is 0.412. The molecule has 0 radical (unpaired) electrons. The highest BCUT2D eigenvalue weighted by Gasteiger charge is 2.18. The van der Waals surface area contributed by atoms with Gasteiger partial charge in [0.1, 0.15) is 5.75 Å². The van der Waals surface area contributed by atoms with Crippen LogP contribution in [-0.2, 0) is 14.3 Å². The highest BCUT2D eigenvalue weighted by molar-refractivity contribution is 5.92. The van der Waals surface area contributed by atoms with E-state index in [0.717, 1.165) is 11.3 Å². The lowest BCUT2D eigenvalue weighted by atomic mass is 10.1. The highest BCUT2D eigenvalue weighted by Crippen LogP contribution is 2.14. The number of ether oxygens (including phenoxy) is 2. The number of carbonyl (C=O) groups excluding carboxylic acids is 2. The van der Waals surface area contributed by atoms with E-state index in [1.807, 2.05) is 31.2 Å². The summed E-state index contributed by atoms with van der Waals surface area (Å²) in [5.41, 5.74) is 0.879. The third-order valence-corrected chi connectivity index (χ3v) is 3.30. The molecule has 0 heterocycles. The minimum Gasteiger partial charge on any atom is -0.497 e. The summed E-state index contributed by atoms with van der Waals surface area (Å²) in [5.74, 6) is -0.0653. The van der Waals surface area contributed by atoms with Crippen molar-refractivity contribution in [2.24, 2.45) is 5.92 Å². The molecule has 22 heavy (non-hydrogen) atoms. The standard InChI is InChI=1S/C17H23NO4/c1-5-18(12-13(2)17(20)22-4)16(19)10-9-14-7-6-8-15(11-14)21-3/h6-11,13H,5,12H2,1-4H3/b10-9+. The Hall–Kier alpha value is -2.30. The summed E-state index contributed by atoms with van der Waals surface area (Å²) in [7, 11) is 2.95. The van der Waals surface area contributed by atoms with E-state index in [9.17, 15) is 9.59 Å². The zero-order valence-electron chi connectivity index (χ0n) is 13.5. The van der Waals surface area contributed by atoms with Crippen molar-refractivity contribution < 1.29 is 19.1 Å². The molecule has 1 aromatic rings. The number of amides is 1. The lowest BCUT2D eigenvalue weighted by Gasteiger charge is -2.22. The summed E-state index contributed by atoms with van der Waals surface area (Å²) in [6, 6.07) is 7.44. The lowest BCUT2D eigenvalue weighted by molar-refractivity contribution is -0.146. The average molecular weight is 305 g/mol. The number of likely N-dealkylation sites (N-methyl/N-ethyl adjacent to an activating group) is 1. The topological polar surface area (TPSA) is 55.8 Å². The van der Waals surface area contributed by atoms with Gasteiger partial charge < -0.3 is 14.4 Å². The number of esters is 1. The highest BCUT2D eigenvalue weighted by atomic mass is 16.5. The summed E-state index contributed by atoms with van der Waals surface area (Å²) >= 11 is 0. The second-order valence-corrected chi connectivity index (χ2v) is 4.91. The first kappa shape index (κ1) is 17.8. The SMILES string of the molecule is CCN(CC(C)C(=O)OC)C(=O)/C=C/c1cccc(OC)c1. The van der Waals surface area contributed by atoms with E-state index < -0.39 is 0 Å². The van der Waals surface area contributed by atoms with Gasteiger partial charge in [0.05, 0.1) is 20.1 Å². The van der Waals surface area contributed by atoms with Gasteiger partial charge in [-0.2, -0.15) is 0 Å². The fourth-order valence-corrected chi connectivity index (χ4v) is 2.00. The van der Waals surface area contributed by atoms with Crippen molar-refractivity contribution >= 4 is 18.0 Å². The molecule has 0 aromatic heterocycles. The van der Waals surface area contributed by atoms with Crippen LogP contribution in [0.3, 0.4) is 0 Å². The number of nitrogens with zero attached hydrogens (tertiary/aromatic N) is 1. The van der Waals surface area contributed by atoms with Gasteiger partial charge in [-0.15, -0.1) is 0 Å². The first-order chi connectivity index (χ1) is 10.5. The molecule has 0 fully saturated rings. The van der Waals surface area contributed by atoms with Gasteiger partial charge in [0, 0.05) is 19.2 Å². The maximum Gasteiger partial charge on any atom is 0.310 e. The van der Waals surface area contributed by atoms with Crippen LogP contribution in [-0.4, -0.2) is 44.1 Å². The Morgan fingerprint density at radius 2 is 2.05 bits per heavy atom. The molecule has 1 atom stereocenters. The second kappa shape index (κ2) is 8.87. The fourth-order valence-electron chi connectivity index (χ4n) is 2.00. The average Bonchev–Trinajstić information content (AvgIpc) is 2.56. The zero-order valence-corrected chi connectivity index (χ0v) is 13.5. The predicted molar refractivity (Wildman–Crippen MR) is 85.5 cm³/mol. The number of rotatable bonds is 7. The quantitative estimate of drug-likeness (QED) is 0.573. The molecular weight excluding hydrogens is 282 g/mol. The van der Waals surface area contributed by atoms with Gasteiger partial charge in [0.25, 0.3) is 0 Å². The molecule has 0 aliphatic rings. The predicted octanol–water partition coefficient (Wildman–Crippen LogP) is 2.37. The van der Waals surface area contributed by atoms with Gasteiger partial charge >= 0.3 is 5.97 Å². The number of hydrogen-bond donors (Lipinski definition) is 0. The number of methoxy groups -OCH3 is 2. The first-order valence-electron chi connectivity index (χ1n) is 7.20. The van der Waals surface area contributed by atoms with Crippen LogP contribution in [0.1, 0.15) is 19.4 Å². The molecule has 0 N–H and O–H groups in total. The molecule has 1 amide bonds. The van der Waals surface area contributed by atoms with E-state index in [1.165, 1.54) is 13.2 Å². The van der Waals surface area contributed by atoms with Crippen molar-refractivity contribution in [3.8, 4) is 5.75 Å². The summed E-state index contributed by atoms with van der Waals surface area (Å²) < 4.78 is 9.82. The van der Waals surface area contributed by atoms with Crippen LogP contribution in [0.25, 0.3) is 6.08 Å². The molecule has 1 unspecified atom stereocenters. The maximum absolute atomic E-state index is 12.2. The zero-order chi connectivity index (χ0) is 16.5. The third-order valence-electron chi connectivity index (χ3n) is 3.30. The van der Waals surface area contributed by atoms with Crippen molar-refractivity contribution in [1.29, 1.82) is 0 Å². The molecule has 1 aromatic carbocycles. The van der Waals surface area contributed by atoms with Gasteiger partial charge in [-0.3, -0.25) is 9.59 Å². The minimum atomic E-state index is -0.348. The van der Waals surface area contributed by atoms with E-state index in [-0.39, 0.29) is 17.8 Å². The van der Waals surface area contributed by atoms with E-state index in [1.54, 1.807) is 25.0 Å². The molecule has 0 saturated heterocycles. The van der Waals surface area contributed by atoms with Crippen LogP contribution in [0.15, 0.2) is 30.3 Å². The second-order valence-electron chi connectivity index (χ2n) is 4.91. The van der Waals surface area contributed by atoms with Crippen molar-refractivity contribution in [3.05, 3.63) is 35.9 Å². The van der Waals surface area contributed by atoms with Crippen LogP contribution in [0, 0.1) is 5.92 Å². The molecule has 0 aliphatic carbocycles. The third kappa shape index (κ3) is 5.24. The van der Waals surface area contributed by atoms with Gasteiger partial charge in [-0.05, 0) is 30.7 Å². The van der Waals surface area contributed by atoms with Crippen LogP contribution in [0.2, 0.25) is 0 Å². The van der Waals surface area contributed by atoms with Gasteiger partial charge in [0.2, 0.25) is 5.91 Å². The molecule has 0 saturated carbocycles. The molecule has 0 spiro atoms. The van der Waals surface area contributed by atoms with Crippen LogP contribution in [0.4, 0.5) is 0 Å². The van der Waals surface area contributed by atoms with Gasteiger partial charge in [0.15, 0.2) is 0 Å². The first-order valence-corrected chi connectivity index (χ1v) is 7.20. The van der Waals surface area contributed by atoms with E-state index >= 15 is 0 Å².